The summed E-state index contributed by atoms with van der Waals surface area (Å²) in [5.74, 6) is 1.54. The highest BCUT2D eigenvalue weighted by atomic mass is 16.5. The summed E-state index contributed by atoms with van der Waals surface area (Å²) in [4.78, 5) is 0. The summed E-state index contributed by atoms with van der Waals surface area (Å²) in [5.41, 5.74) is 1.21. The second-order valence-electron chi connectivity index (χ2n) is 5.57. The standard InChI is InChI=1S/C17H27NO3/c1-13(18-10-9-15-6-4-5-11-21-15)14-7-8-16(19-2)17(12-14)20-3/h7-8,12-13,15,18H,4-6,9-11H2,1-3H3. The minimum Gasteiger partial charge on any atom is -0.493 e. The van der Waals surface area contributed by atoms with Crippen molar-refractivity contribution in [2.45, 2.75) is 44.8 Å². The van der Waals surface area contributed by atoms with E-state index in [9.17, 15) is 0 Å². The Balaban J connectivity index is 1.83. The summed E-state index contributed by atoms with van der Waals surface area (Å²) in [6.45, 7) is 4.07. The molecule has 1 saturated heterocycles. The number of hydrogen-bond donors (Lipinski definition) is 1. The SMILES string of the molecule is COc1ccc(C(C)NCCC2CCCCO2)cc1OC. The molecule has 2 atom stereocenters. The van der Waals surface area contributed by atoms with E-state index in [2.05, 4.69) is 18.3 Å². The molecule has 1 aromatic carbocycles. The van der Waals surface area contributed by atoms with Gasteiger partial charge in [0.05, 0.1) is 20.3 Å². The molecule has 0 radical (unpaired) electrons. The van der Waals surface area contributed by atoms with Crippen LogP contribution in [0.2, 0.25) is 0 Å². The Morgan fingerprint density at radius 1 is 1.24 bits per heavy atom. The van der Waals surface area contributed by atoms with Crippen LogP contribution in [-0.2, 0) is 4.74 Å². The minimum absolute atomic E-state index is 0.286. The third-order valence-corrected chi connectivity index (χ3v) is 4.10. The number of rotatable bonds is 7. The molecule has 1 fully saturated rings. The molecule has 1 aliphatic heterocycles. The van der Waals surface area contributed by atoms with E-state index in [1.807, 2.05) is 12.1 Å². The second-order valence-corrected chi connectivity index (χ2v) is 5.57. The molecule has 4 nitrogen and oxygen atoms in total. The van der Waals surface area contributed by atoms with Crippen LogP contribution < -0.4 is 14.8 Å². The van der Waals surface area contributed by atoms with Gasteiger partial charge in [-0.25, -0.2) is 0 Å². The minimum atomic E-state index is 0.286. The van der Waals surface area contributed by atoms with Gasteiger partial charge in [0.1, 0.15) is 0 Å². The number of ether oxygens (including phenoxy) is 3. The van der Waals surface area contributed by atoms with Crippen LogP contribution in [0.1, 0.15) is 44.2 Å². The van der Waals surface area contributed by atoms with Crippen LogP contribution in [0.25, 0.3) is 0 Å². The molecule has 1 heterocycles. The Bertz CT molecular complexity index is 430. The normalized spacial score (nSPS) is 20.0. The van der Waals surface area contributed by atoms with Crippen LogP contribution in [0.15, 0.2) is 18.2 Å². The summed E-state index contributed by atoms with van der Waals surface area (Å²) >= 11 is 0. The van der Waals surface area contributed by atoms with Gasteiger partial charge in [-0.3, -0.25) is 0 Å². The van der Waals surface area contributed by atoms with Crippen molar-refractivity contribution in [3.05, 3.63) is 23.8 Å². The van der Waals surface area contributed by atoms with Gasteiger partial charge in [-0.15, -0.1) is 0 Å². The maximum Gasteiger partial charge on any atom is 0.161 e. The summed E-state index contributed by atoms with van der Waals surface area (Å²) in [5, 5.41) is 3.56. The lowest BCUT2D eigenvalue weighted by molar-refractivity contribution is 0.0112. The van der Waals surface area contributed by atoms with Crippen molar-refractivity contribution in [2.75, 3.05) is 27.4 Å². The van der Waals surface area contributed by atoms with E-state index in [0.717, 1.165) is 31.1 Å². The number of hydrogen-bond acceptors (Lipinski definition) is 4. The van der Waals surface area contributed by atoms with E-state index in [1.165, 1.54) is 24.8 Å². The summed E-state index contributed by atoms with van der Waals surface area (Å²) in [6, 6.07) is 6.36. The average Bonchev–Trinajstić information content (AvgIpc) is 2.55. The molecule has 118 valence electrons. The molecule has 0 bridgehead atoms. The molecular weight excluding hydrogens is 266 g/mol. The average molecular weight is 293 g/mol. The van der Waals surface area contributed by atoms with Crippen LogP contribution in [0.5, 0.6) is 11.5 Å². The first kappa shape index (κ1) is 16.1. The molecule has 1 aliphatic rings. The highest BCUT2D eigenvalue weighted by molar-refractivity contribution is 5.43. The lowest BCUT2D eigenvalue weighted by atomic mass is 10.0. The molecule has 0 amide bonds. The highest BCUT2D eigenvalue weighted by Gasteiger charge is 2.14. The Morgan fingerprint density at radius 2 is 2.05 bits per heavy atom. The van der Waals surface area contributed by atoms with Crippen molar-refractivity contribution < 1.29 is 14.2 Å². The van der Waals surface area contributed by atoms with Crippen molar-refractivity contribution >= 4 is 0 Å². The van der Waals surface area contributed by atoms with Crippen molar-refractivity contribution in [3.63, 3.8) is 0 Å². The van der Waals surface area contributed by atoms with Gasteiger partial charge in [0.15, 0.2) is 11.5 Å². The van der Waals surface area contributed by atoms with Crippen LogP contribution in [0.4, 0.5) is 0 Å². The zero-order valence-electron chi connectivity index (χ0n) is 13.4. The molecule has 0 aromatic heterocycles. The largest absolute Gasteiger partial charge is 0.493 e. The third-order valence-electron chi connectivity index (χ3n) is 4.10. The Morgan fingerprint density at radius 3 is 2.71 bits per heavy atom. The first-order valence-electron chi connectivity index (χ1n) is 7.81. The van der Waals surface area contributed by atoms with Crippen LogP contribution in [0.3, 0.4) is 0 Å². The van der Waals surface area contributed by atoms with Crippen molar-refractivity contribution in [3.8, 4) is 11.5 Å². The lowest BCUT2D eigenvalue weighted by Gasteiger charge is -2.23. The molecular formula is C17H27NO3. The van der Waals surface area contributed by atoms with E-state index < -0.39 is 0 Å². The molecule has 21 heavy (non-hydrogen) atoms. The smallest absolute Gasteiger partial charge is 0.161 e. The van der Waals surface area contributed by atoms with Gasteiger partial charge in [-0.2, -0.15) is 0 Å². The van der Waals surface area contributed by atoms with Gasteiger partial charge in [0, 0.05) is 12.6 Å². The van der Waals surface area contributed by atoms with Crippen LogP contribution in [0, 0.1) is 0 Å². The molecule has 4 heteroatoms. The predicted octanol–water partition coefficient (Wildman–Crippen LogP) is 3.31. The van der Waals surface area contributed by atoms with Crippen molar-refractivity contribution in [2.24, 2.45) is 0 Å². The van der Waals surface area contributed by atoms with Gasteiger partial charge in [-0.1, -0.05) is 6.07 Å². The zero-order chi connectivity index (χ0) is 15.1. The molecule has 2 rings (SSSR count). The lowest BCUT2D eigenvalue weighted by Crippen LogP contribution is -2.27. The van der Waals surface area contributed by atoms with E-state index in [0.29, 0.717) is 6.10 Å². The summed E-state index contributed by atoms with van der Waals surface area (Å²) in [6.07, 6.45) is 5.23. The zero-order valence-corrected chi connectivity index (χ0v) is 13.4. The van der Waals surface area contributed by atoms with E-state index in [-0.39, 0.29) is 6.04 Å². The monoisotopic (exact) mass is 293 g/mol. The molecule has 0 saturated carbocycles. The summed E-state index contributed by atoms with van der Waals surface area (Å²) in [7, 11) is 3.32. The number of nitrogens with one attached hydrogen (secondary N) is 1. The van der Waals surface area contributed by atoms with E-state index >= 15 is 0 Å². The number of benzene rings is 1. The van der Waals surface area contributed by atoms with Crippen LogP contribution in [-0.4, -0.2) is 33.5 Å². The quantitative estimate of drug-likeness (QED) is 0.837. The van der Waals surface area contributed by atoms with Crippen LogP contribution >= 0.6 is 0 Å². The fraction of sp³-hybridized carbons (Fsp3) is 0.647. The molecule has 1 N–H and O–H groups in total. The maximum absolute atomic E-state index is 5.76. The fourth-order valence-electron chi connectivity index (χ4n) is 2.74. The first-order valence-corrected chi connectivity index (χ1v) is 7.81. The first-order chi connectivity index (χ1) is 10.2. The molecule has 0 spiro atoms. The van der Waals surface area contributed by atoms with Gasteiger partial charge in [0.25, 0.3) is 0 Å². The van der Waals surface area contributed by atoms with E-state index in [4.69, 9.17) is 14.2 Å². The van der Waals surface area contributed by atoms with E-state index in [1.54, 1.807) is 14.2 Å². The molecule has 1 aromatic rings. The second kappa shape index (κ2) is 8.25. The Hall–Kier alpha value is -1.26. The van der Waals surface area contributed by atoms with Gasteiger partial charge >= 0.3 is 0 Å². The maximum atomic E-state index is 5.76. The predicted molar refractivity (Wildman–Crippen MR) is 84.2 cm³/mol. The van der Waals surface area contributed by atoms with Crippen molar-refractivity contribution in [1.82, 2.24) is 5.32 Å². The molecule has 2 unspecified atom stereocenters. The fourth-order valence-corrected chi connectivity index (χ4v) is 2.74. The Labute approximate surface area is 127 Å². The van der Waals surface area contributed by atoms with Gasteiger partial charge in [-0.05, 0) is 56.8 Å². The van der Waals surface area contributed by atoms with Gasteiger partial charge < -0.3 is 19.5 Å². The number of methoxy groups -OCH3 is 2. The molecule has 0 aliphatic carbocycles. The third kappa shape index (κ3) is 4.61. The van der Waals surface area contributed by atoms with Crippen molar-refractivity contribution in [1.29, 1.82) is 0 Å². The summed E-state index contributed by atoms with van der Waals surface area (Å²) < 4.78 is 16.4. The topological polar surface area (TPSA) is 39.7 Å². The highest BCUT2D eigenvalue weighted by Crippen LogP contribution is 2.29. The van der Waals surface area contributed by atoms with Gasteiger partial charge in [0.2, 0.25) is 0 Å². The Kier molecular flexibility index (Phi) is 6.33.